The molecule has 0 aliphatic rings. The van der Waals surface area contributed by atoms with E-state index in [0.29, 0.717) is 10.7 Å². The lowest BCUT2D eigenvalue weighted by atomic mass is 10.1. The highest BCUT2D eigenvalue weighted by atomic mass is 79.9. The molecule has 0 saturated heterocycles. The standard InChI is InChI=1S/C14H10BrClF2N2O/c1-19-12-3-2-7(16)4-8(12)14(21)20-13-6-10(17)9(15)5-11(13)18/h2-6,19H,1H3,(H,20,21). The molecule has 7 heteroatoms. The van der Waals surface area contributed by atoms with Crippen molar-refractivity contribution in [2.75, 3.05) is 17.7 Å². The van der Waals surface area contributed by atoms with Gasteiger partial charge in [-0.1, -0.05) is 11.6 Å². The van der Waals surface area contributed by atoms with Gasteiger partial charge in [0.1, 0.15) is 11.6 Å². The quantitative estimate of drug-likeness (QED) is 0.765. The first-order chi connectivity index (χ1) is 9.92. The zero-order valence-corrected chi connectivity index (χ0v) is 13.1. The Hall–Kier alpha value is -1.66. The van der Waals surface area contributed by atoms with Gasteiger partial charge in [-0.25, -0.2) is 8.78 Å². The van der Waals surface area contributed by atoms with E-state index in [1.165, 1.54) is 6.07 Å². The minimum atomic E-state index is -0.746. The summed E-state index contributed by atoms with van der Waals surface area (Å²) in [6.07, 6.45) is 0. The molecule has 0 saturated carbocycles. The lowest BCUT2D eigenvalue weighted by Gasteiger charge is -2.11. The molecule has 0 bridgehead atoms. The molecule has 110 valence electrons. The fourth-order valence-electron chi connectivity index (χ4n) is 1.73. The van der Waals surface area contributed by atoms with E-state index >= 15 is 0 Å². The predicted molar refractivity (Wildman–Crippen MR) is 83.0 cm³/mol. The van der Waals surface area contributed by atoms with Crippen molar-refractivity contribution in [1.82, 2.24) is 0 Å². The Morgan fingerprint density at radius 3 is 2.52 bits per heavy atom. The monoisotopic (exact) mass is 374 g/mol. The Kier molecular flexibility index (Phi) is 4.80. The van der Waals surface area contributed by atoms with Crippen molar-refractivity contribution in [3.05, 3.63) is 57.0 Å². The van der Waals surface area contributed by atoms with E-state index in [1.54, 1.807) is 19.2 Å². The maximum atomic E-state index is 13.7. The van der Waals surface area contributed by atoms with Crippen LogP contribution >= 0.6 is 27.5 Å². The molecule has 0 heterocycles. The highest BCUT2D eigenvalue weighted by Crippen LogP contribution is 2.25. The first kappa shape index (κ1) is 15.7. The number of carbonyl (C=O) groups excluding carboxylic acids is 1. The molecule has 1 amide bonds. The van der Waals surface area contributed by atoms with Crippen LogP contribution in [0.2, 0.25) is 5.02 Å². The molecule has 0 spiro atoms. The van der Waals surface area contributed by atoms with Gasteiger partial charge in [0.2, 0.25) is 0 Å². The molecule has 2 aromatic rings. The summed E-state index contributed by atoms with van der Waals surface area (Å²) in [6.45, 7) is 0. The van der Waals surface area contributed by atoms with Crippen molar-refractivity contribution in [2.45, 2.75) is 0 Å². The minimum absolute atomic E-state index is 0.0170. The van der Waals surface area contributed by atoms with Crippen LogP contribution < -0.4 is 10.6 Å². The van der Waals surface area contributed by atoms with Crippen molar-refractivity contribution < 1.29 is 13.6 Å². The summed E-state index contributed by atoms with van der Waals surface area (Å²) >= 11 is 8.72. The van der Waals surface area contributed by atoms with Crippen LogP contribution in [0.5, 0.6) is 0 Å². The predicted octanol–water partition coefficient (Wildman–Crippen LogP) is 4.67. The highest BCUT2D eigenvalue weighted by Gasteiger charge is 2.15. The number of carbonyl (C=O) groups is 1. The number of anilines is 2. The molecule has 0 aliphatic carbocycles. The number of rotatable bonds is 3. The molecule has 0 radical (unpaired) electrons. The summed E-state index contributed by atoms with van der Waals surface area (Å²) in [5.41, 5.74) is 0.505. The zero-order valence-electron chi connectivity index (χ0n) is 10.8. The van der Waals surface area contributed by atoms with Crippen LogP contribution in [0.25, 0.3) is 0 Å². The van der Waals surface area contributed by atoms with E-state index in [9.17, 15) is 13.6 Å². The summed E-state index contributed by atoms with van der Waals surface area (Å²) in [6, 6.07) is 6.53. The summed E-state index contributed by atoms with van der Waals surface area (Å²) in [5, 5.41) is 5.52. The Morgan fingerprint density at radius 2 is 1.86 bits per heavy atom. The van der Waals surface area contributed by atoms with E-state index < -0.39 is 17.5 Å². The number of hydrogen-bond donors (Lipinski definition) is 2. The van der Waals surface area contributed by atoms with Crippen LogP contribution in [0.1, 0.15) is 10.4 Å². The molecule has 0 atom stereocenters. The Labute approximate surface area is 133 Å². The van der Waals surface area contributed by atoms with E-state index in [4.69, 9.17) is 11.6 Å². The summed E-state index contributed by atoms with van der Waals surface area (Å²) in [5.74, 6) is -2.02. The van der Waals surface area contributed by atoms with Gasteiger partial charge in [-0.3, -0.25) is 4.79 Å². The lowest BCUT2D eigenvalue weighted by Crippen LogP contribution is -2.15. The smallest absolute Gasteiger partial charge is 0.257 e. The van der Waals surface area contributed by atoms with Crippen LogP contribution in [0.15, 0.2) is 34.8 Å². The zero-order chi connectivity index (χ0) is 15.6. The molecule has 0 aliphatic heterocycles. The van der Waals surface area contributed by atoms with Crippen molar-refractivity contribution in [3.63, 3.8) is 0 Å². The normalized spacial score (nSPS) is 10.3. The third-order valence-electron chi connectivity index (χ3n) is 2.75. The number of halogens is 4. The van der Waals surface area contributed by atoms with Crippen LogP contribution in [0.3, 0.4) is 0 Å². The molecule has 2 N–H and O–H groups in total. The molecule has 2 aromatic carbocycles. The van der Waals surface area contributed by atoms with Crippen molar-refractivity contribution in [1.29, 1.82) is 0 Å². The van der Waals surface area contributed by atoms with E-state index in [0.717, 1.165) is 12.1 Å². The second-order valence-electron chi connectivity index (χ2n) is 4.14. The molecule has 2 rings (SSSR count). The van der Waals surface area contributed by atoms with Gasteiger partial charge in [0.15, 0.2) is 0 Å². The molecule has 0 aromatic heterocycles. The average molecular weight is 376 g/mol. The van der Waals surface area contributed by atoms with Crippen LogP contribution in [-0.2, 0) is 0 Å². The van der Waals surface area contributed by atoms with Gasteiger partial charge in [0, 0.05) is 23.8 Å². The molecule has 0 fully saturated rings. The fraction of sp³-hybridized carbons (Fsp3) is 0.0714. The molecule has 3 nitrogen and oxygen atoms in total. The Balaban J connectivity index is 2.34. The first-order valence-electron chi connectivity index (χ1n) is 5.85. The Bertz CT molecular complexity index is 710. The summed E-state index contributed by atoms with van der Waals surface area (Å²) in [7, 11) is 1.64. The second kappa shape index (κ2) is 6.41. The van der Waals surface area contributed by atoms with Crippen LogP contribution in [0, 0.1) is 11.6 Å². The molecular weight excluding hydrogens is 366 g/mol. The second-order valence-corrected chi connectivity index (χ2v) is 5.43. The van der Waals surface area contributed by atoms with Crippen molar-refractivity contribution >= 4 is 44.8 Å². The largest absolute Gasteiger partial charge is 0.387 e. The van der Waals surface area contributed by atoms with Gasteiger partial charge in [0.25, 0.3) is 5.91 Å². The van der Waals surface area contributed by atoms with Gasteiger partial charge in [-0.2, -0.15) is 0 Å². The van der Waals surface area contributed by atoms with E-state index in [-0.39, 0.29) is 15.7 Å². The van der Waals surface area contributed by atoms with Crippen LogP contribution in [0.4, 0.5) is 20.2 Å². The molecule has 0 unspecified atom stereocenters. The highest BCUT2D eigenvalue weighted by molar-refractivity contribution is 9.10. The summed E-state index contributed by atoms with van der Waals surface area (Å²) < 4.78 is 27.1. The number of benzene rings is 2. The van der Waals surface area contributed by atoms with Gasteiger partial charge >= 0.3 is 0 Å². The number of nitrogens with one attached hydrogen (secondary N) is 2. The first-order valence-corrected chi connectivity index (χ1v) is 7.02. The number of hydrogen-bond acceptors (Lipinski definition) is 2. The van der Waals surface area contributed by atoms with Crippen molar-refractivity contribution in [3.8, 4) is 0 Å². The van der Waals surface area contributed by atoms with Gasteiger partial charge in [-0.05, 0) is 40.2 Å². The lowest BCUT2D eigenvalue weighted by molar-refractivity contribution is 0.102. The third kappa shape index (κ3) is 3.51. The maximum Gasteiger partial charge on any atom is 0.257 e. The molecule has 21 heavy (non-hydrogen) atoms. The van der Waals surface area contributed by atoms with E-state index in [1.807, 2.05) is 0 Å². The van der Waals surface area contributed by atoms with Crippen molar-refractivity contribution in [2.24, 2.45) is 0 Å². The van der Waals surface area contributed by atoms with E-state index in [2.05, 4.69) is 26.6 Å². The SMILES string of the molecule is CNc1ccc(Cl)cc1C(=O)Nc1cc(F)c(Br)cc1F. The average Bonchev–Trinajstić information content (AvgIpc) is 2.44. The maximum absolute atomic E-state index is 13.7. The summed E-state index contributed by atoms with van der Waals surface area (Å²) in [4.78, 5) is 12.2. The van der Waals surface area contributed by atoms with Gasteiger partial charge in [0.05, 0.1) is 15.7 Å². The molecular formula is C14H10BrClF2N2O. The number of amides is 1. The topological polar surface area (TPSA) is 41.1 Å². The Morgan fingerprint density at radius 1 is 1.14 bits per heavy atom. The van der Waals surface area contributed by atoms with Gasteiger partial charge < -0.3 is 10.6 Å². The minimum Gasteiger partial charge on any atom is -0.387 e. The third-order valence-corrected chi connectivity index (χ3v) is 3.60. The fourth-order valence-corrected chi connectivity index (χ4v) is 2.22. The van der Waals surface area contributed by atoms with Gasteiger partial charge in [-0.15, -0.1) is 0 Å². The van der Waals surface area contributed by atoms with Crippen LogP contribution in [-0.4, -0.2) is 13.0 Å².